The lowest BCUT2D eigenvalue weighted by Gasteiger charge is -2.01. The van der Waals surface area contributed by atoms with E-state index in [2.05, 4.69) is 4.98 Å². The van der Waals surface area contributed by atoms with Gasteiger partial charge in [0, 0.05) is 16.3 Å². The van der Waals surface area contributed by atoms with Crippen LogP contribution in [0.1, 0.15) is 10.4 Å². The van der Waals surface area contributed by atoms with E-state index >= 15 is 0 Å². The van der Waals surface area contributed by atoms with Crippen LogP contribution in [0.5, 0.6) is 5.75 Å². The molecule has 2 aromatic heterocycles. The van der Waals surface area contributed by atoms with E-state index in [1.54, 1.807) is 18.6 Å². The topological polar surface area (TPSA) is 59.4 Å². The van der Waals surface area contributed by atoms with Crippen LogP contribution >= 0.6 is 22.7 Å². The quantitative estimate of drug-likeness (QED) is 0.781. The number of carboxylic acid groups (broad SMARTS) is 1. The smallest absolute Gasteiger partial charge is 0.336 e. The highest BCUT2D eigenvalue weighted by molar-refractivity contribution is 7.15. The van der Waals surface area contributed by atoms with Crippen LogP contribution < -0.4 is 4.74 Å². The maximum absolute atomic E-state index is 10.9. The van der Waals surface area contributed by atoms with Gasteiger partial charge in [0.1, 0.15) is 10.8 Å². The third-order valence-corrected chi connectivity index (χ3v) is 4.76. The van der Waals surface area contributed by atoms with Gasteiger partial charge < -0.3 is 9.84 Å². The number of hydrogen-bond acceptors (Lipinski definition) is 5. The van der Waals surface area contributed by atoms with Crippen molar-refractivity contribution in [1.29, 1.82) is 0 Å². The third kappa shape index (κ3) is 2.81. The predicted octanol–water partition coefficient (Wildman–Crippen LogP) is 4.25. The summed E-state index contributed by atoms with van der Waals surface area (Å²) >= 11 is 2.91. The Hall–Kier alpha value is -2.18. The molecule has 0 aliphatic carbocycles. The van der Waals surface area contributed by atoms with Gasteiger partial charge in [-0.25, -0.2) is 9.78 Å². The number of ether oxygens (including phenoxy) is 1. The number of benzene rings is 1. The van der Waals surface area contributed by atoms with E-state index in [1.807, 2.05) is 29.6 Å². The van der Waals surface area contributed by atoms with E-state index in [0.717, 1.165) is 26.9 Å². The first-order valence-electron chi connectivity index (χ1n) is 6.09. The fourth-order valence-electron chi connectivity index (χ4n) is 1.86. The number of carbonyl (C=O) groups is 1. The maximum Gasteiger partial charge on any atom is 0.336 e. The Kier molecular flexibility index (Phi) is 3.72. The van der Waals surface area contributed by atoms with Crippen molar-refractivity contribution >= 4 is 28.6 Å². The zero-order valence-electron chi connectivity index (χ0n) is 11.1. The molecule has 1 N–H and O–H groups in total. The van der Waals surface area contributed by atoms with Crippen molar-refractivity contribution in [1.82, 2.24) is 4.98 Å². The van der Waals surface area contributed by atoms with Gasteiger partial charge in [-0.3, -0.25) is 0 Å². The van der Waals surface area contributed by atoms with Gasteiger partial charge in [0.05, 0.1) is 23.2 Å². The van der Waals surface area contributed by atoms with Crippen LogP contribution in [0.15, 0.2) is 41.1 Å². The standard InChI is InChI=1S/C15H11NO3S2/c1-19-11-4-2-3-9(5-11)14-16-12(8-21-14)13-6-10(7-20-13)15(17)18/h2-8H,1H3,(H,17,18). The van der Waals surface area contributed by atoms with E-state index in [1.165, 1.54) is 22.7 Å². The molecule has 3 rings (SSSR count). The zero-order valence-corrected chi connectivity index (χ0v) is 12.7. The lowest BCUT2D eigenvalue weighted by Crippen LogP contribution is -1.91. The normalized spacial score (nSPS) is 10.5. The van der Waals surface area contributed by atoms with E-state index in [4.69, 9.17) is 9.84 Å². The van der Waals surface area contributed by atoms with Gasteiger partial charge >= 0.3 is 5.97 Å². The Bertz CT molecular complexity index is 792. The summed E-state index contributed by atoms with van der Waals surface area (Å²) in [5.74, 6) is -0.130. The minimum Gasteiger partial charge on any atom is -0.497 e. The molecule has 4 nitrogen and oxygen atoms in total. The molecule has 0 aliphatic rings. The molecule has 0 saturated carbocycles. The second-order valence-corrected chi connectivity index (χ2v) is 6.04. The summed E-state index contributed by atoms with van der Waals surface area (Å²) in [6, 6.07) is 9.36. The number of thiophene rings is 1. The number of aromatic carboxylic acids is 1. The molecule has 0 spiro atoms. The van der Waals surface area contributed by atoms with Crippen molar-refractivity contribution in [2.75, 3.05) is 7.11 Å². The molecule has 0 saturated heterocycles. The molecule has 0 fully saturated rings. The molecule has 0 unspecified atom stereocenters. The van der Waals surface area contributed by atoms with Crippen molar-refractivity contribution in [2.24, 2.45) is 0 Å². The molecule has 3 aromatic rings. The molecule has 21 heavy (non-hydrogen) atoms. The van der Waals surface area contributed by atoms with Crippen LogP contribution in [0.3, 0.4) is 0 Å². The van der Waals surface area contributed by atoms with Crippen LogP contribution in [0.4, 0.5) is 0 Å². The lowest BCUT2D eigenvalue weighted by molar-refractivity contribution is 0.0697. The van der Waals surface area contributed by atoms with Crippen molar-refractivity contribution in [3.05, 3.63) is 46.7 Å². The minimum atomic E-state index is -0.916. The summed E-state index contributed by atoms with van der Waals surface area (Å²) in [6.45, 7) is 0. The molecule has 0 amide bonds. The number of methoxy groups -OCH3 is 1. The first-order chi connectivity index (χ1) is 10.2. The van der Waals surface area contributed by atoms with Gasteiger partial charge in [-0.1, -0.05) is 12.1 Å². The Morgan fingerprint density at radius 3 is 2.81 bits per heavy atom. The van der Waals surface area contributed by atoms with Gasteiger partial charge in [0.2, 0.25) is 0 Å². The molecule has 0 bridgehead atoms. The summed E-state index contributed by atoms with van der Waals surface area (Å²) < 4.78 is 5.21. The molecular weight excluding hydrogens is 306 g/mol. The maximum atomic E-state index is 10.9. The van der Waals surface area contributed by atoms with E-state index in [9.17, 15) is 4.79 Å². The van der Waals surface area contributed by atoms with Crippen molar-refractivity contribution < 1.29 is 14.6 Å². The Morgan fingerprint density at radius 1 is 1.24 bits per heavy atom. The molecular formula is C15H11NO3S2. The van der Waals surface area contributed by atoms with E-state index in [0.29, 0.717) is 5.56 Å². The largest absolute Gasteiger partial charge is 0.497 e. The monoisotopic (exact) mass is 317 g/mol. The number of hydrogen-bond donors (Lipinski definition) is 1. The lowest BCUT2D eigenvalue weighted by atomic mass is 10.2. The SMILES string of the molecule is COc1cccc(-c2nc(-c3cc(C(=O)O)cs3)cs2)c1. The number of nitrogens with zero attached hydrogens (tertiary/aromatic N) is 1. The van der Waals surface area contributed by atoms with Gasteiger partial charge in [-0.15, -0.1) is 22.7 Å². The zero-order chi connectivity index (χ0) is 14.8. The minimum absolute atomic E-state index is 0.297. The molecule has 106 valence electrons. The van der Waals surface area contributed by atoms with Crippen molar-refractivity contribution in [3.8, 4) is 26.9 Å². The second kappa shape index (κ2) is 5.67. The van der Waals surface area contributed by atoms with Gasteiger partial charge in [0.15, 0.2) is 0 Å². The first kappa shape index (κ1) is 13.8. The molecule has 0 aliphatic heterocycles. The highest BCUT2D eigenvalue weighted by Crippen LogP contribution is 2.33. The van der Waals surface area contributed by atoms with E-state index in [-0.39, 0.29) is 0 Å². The second-order valence-electron chi connectivity index (χ2n) is 4.27. The predicted molar refractivity (Wildman–Crippen MR) is 84.4 cm³/mol. The van der Waals surface area contributed by atoms with Crippen LogP contribution in [0.25, 0.3) is 21.1 Å². The molecule has 6 heteroatoms. The number of rotatable bonds is 4. The highest BCUT2D eigenvalue weighted by atomic mass is 32.1. The van der Waals surface area contributed by atoms with Crippen LogP contribution in [0, 0.1) is 0 Å². The van der Waals surface area contributed by atoms with E-state index < -0.39 is 5.97 Å². The van der Waals surface area contributed by atoms with Crippen LogP contribution in [-0.2, 0) is 0 Å². The van der Waals surface area contributed by atoms with Gasteiger partial charge in [-0.2, -0.15) is 0 Å². The molecule has 0 radical (unpaired) electrons. The Morgan fingerprint density at radius 2 is 2.10 bits per heavy atom. The summed E-state index contributed by atoms with van der Waals surface area (Å²) in [5.41, 5.74) is 2.09. The summed E-state index contributed by atoms with van der Waals surface area (Å²) in [4.78, 5) is 16.4. The van der Waals surface area contributed by atoms with Gasteiger partial charge in [0.25, 0.3) is 0 Å². The van der Waals surface area contributed by atoms with Crippen LogP contribution in [-0.4, -0.2) is 23.2 Å². The summed E-state index contributed by atoms with van der Waals surface area (Å²) in [7, 11) is 1.63. The highest BCUT2D eigenvalue weighted by Gasteiger charge is 2.12. The Balaban J connectivity index is 1.93. The number of carboxylic acids is 1. The fraction of sp³-hybridized carbons (Fsp3) is 0.0667. The summed E-state index contributed by atoms with van der Waals surface area (Å²) in [6.07, 6.45) is 0. The fourth-order valence-corrected chi connectivity index (χ4v) is 3.59. The van der Waals surface area contributed by atoms with Crippen molar-refractivity contribution in [2.45, 2.75) is 0 Å². The van der Waals surface area contributed by atoms with Crippen LogP contribution in [0.2, 0.25) is 0 Å². The first-order valence-corrected chi connectivity index (χ1v) is 7.85. The average molecular weight is 317 g/mol. The number of aromatic nitrogens is 1. The molecule has 2 heterocycles. The number of thiazole rings is 1. The Labute approximate surface area is 129 Å². The third-order valence-electron chi connectivity index (χ3n) is 2.92. The average Bonchev–Trinajstić information content (AvgIpc) is 3.16. The molecule has 0 atom stereocenters. The summed E-state index contributed by atoms with van der Waals surface area (Å²) in [5, 5.41) is 13.4. The van der Waals surface area contributed by atoms with Gasteiger partial charge in [-0.05, 0) is 18.2 Å². The molecule has 1 aromatic carbocycles. The van der Waals surface area contributed by atoms with Crippen molar-refractivity contribution in [3.63, 3.8) is 0 Å².